The number of Topliss-reactive ketones (excluding diaryl/α,β-unsaturated/α-hetero) is 1. The topological polar surface area (TPSA) is 83.5 Å². The van der Waals surface area contributed by atoms with Gasteiger partial charge in [-0.1, -0.05) is 0 Å². The molecule has 2 atom stereocenters. The number of rotatable bonds is 4. The Kier molecular flexibility index (Phi) is 4.85. The molecule has 0 bridgehead atoms. The largest absolute Gasteiger partial charge is 0.480 e. The molecule has 2 rings (SSSR count). The summed E-state index contributed by atoms with van der Waals surface area (Å²) >= 11 is 0. The van der Waals surface area contributed by atoms with Gasteiger partial charge in [0.1, 0.15) is 11.8 Å². The Hall–Kier alpha value is -2.31. The molecule has 1 aliphatic rings. The van der Waals surface area contributed by atoms with Crippen LogP contribution in [0.5, 0.6) is 0 Å². The first-order valence-corrected chi connectivity index (χ1v) is 6.89. The highest BCUT2D eigenvalue weighted by atomic mass is 19.2. The van der Waals surface area contributed by atoms with Gasteiger partial charge in [-0.2, -0.15) is 0 Å². The van der Waals surface area contributed by atoms with Gasteiger partial charge in [-0.25, -0.2) is 13.6 Å². The number of halogens is 2. The van der Waals surface area contributed by atoms with Crippen molar-refractivity contribution in [3.63, 3.8) is 0 Å². The van der Waals surface area contributed by atoms with Gasteiger partial charge in [0.2, 0.25) is 0 Å². The zero-order chi connectivity index (χ0) is 16.3. The van der Waals surface area contributed by atoms with E-state index < -0.39 is 35.5 Å². The van der Waals surface area contributed by atoms with Crippen LogP contribution < -0.4 is 5.32 Å². The fraction of sp³-hybridized carbons (Fsp3) is 0.400. The van der Waals surface area contributed by atoms with E-state index in [2.05, 4.69) is 5.32 Å². The van der Waals surface area contributed by atoms with Crippen LogP contribution in [0, 0.1) is 17.6 Å². The molecule has 0 aliphatic heterocycles. The third kappa shape index (κ3) is 3.66. The molecule has 0 saturated heterocycles. The summed E-state index contributed by atoms with van der Waals surface area (Å²) in [5.41, 5.74) is -0.174. The Morgan fingerprint density at radius 1 is 1.27 bits per heavy atom. The molecule has 1 aromatic rings. The molecule has 1 amide bonds. The van der Waals surface area contributed by atoms with Gasteiger partial charge in [0, 0.05) is 18.4 Å². The normalized spacial score (nSPS) is 19.5. The maximum Gasteiger partial charge on any atom is 0.326 e. The van der Waals surface area contributed by atoms with Crippen LogP contribution in [0.1, 0.15) is 36.0 Å². The molecule has 1 saturated carbocycles. The molecule has 5 nitrogen and oxygen atoms in total. The number of nitrogens with one attached hydrogen (secondary N) is 1. The predicted molar refractivity (Wildman–Crippen MR) is 72.2 cm³/mol. The summed E-state index contributed by atoms with van der Waals surface area (Å²) in [6.45, 7) is 0. The molecule has 1 aromatic carbocycles. The molecular formula is C15H15F2NO4. The summed E-state index contributed by atoms with van der Waals surface area (Å²) in [6, 6.07) is 1.34. The maximum atomic E-state index is 13.1. The van der Waals surface area contributed by atoms with E-state index in [0.717, 1.165) is 12.1 Å². The molecule has 1 fully saturated rings. The Morgan fingerprint density at radius 2 is 2.00 bits per heavy atom. The number of carboxylic acids is 1. The Labute approximate surface area is 125 Å². The number of hydrogen-bond donors (Lipinski definition) is 2. The molecule has 0 aromatic heterocycles. The van der Waals surface area contributed by atoms with Crippen molar-refractivity contribution >= 4 is 17.7 Å². The lowest BCUT2D eigenvalue weighted by Crippen LogP contribution is -2.47. The first-order valence-electron chi connectivity index (χ1n) is 6.89. The molecule has 1 aliphatic carbocycles. The van der Waals surface area contributed by atoms with Crippen molar-refractivity contribution in [1.29, 1.82) is 0 Å². The van der Waals surface area contributed by atoms with Crippen LogP contribution in [0.2, 0.25) is 0 Å². The van der Waals surface area contributed by atoms with Crippen LogP contribution >= 0.6 is 0 Å². The monoisotopic (exact) mass is 311 g/mol. The number of benzene rings is 1. The minimum atomic E-state index is -1.25. The number of aliphatic carboxylic acids is 1. The predicted octanol–water partition coefficient (Wildman–Crippen LogP) is 1.91. The summed E-state index contributed by atoms with van der Waals surface area (Å²) in [7, 11) is 0. The molecule has 0 radical (unpaired) electrons. The Morgan fingerprint density at radius 3 is 2.59 bits per heavy atom. The first kappa shape index (κ1) is 16.1. The standard InChI is InChI=1S/C15H15F2NO4/c16-11-5-4-9(7-12(11)17)14(20)18-13(15(21)22)8-2-1-3-10(19)6-8/h4-5,7-8,13H,1-3,6H2,(H,18,20)(H,21,22)/t8-,13+/m1/s1. The van der Waals surface area contributed by atoms with Gasteiger partial charge in [-0.15, -0.1) is 0 Å². The second-order valence-electron chi connectivity index (χ2n) is 5.31. The van der Waals surface area contributed by atoms with E-state index in [0.29, 0.717) is 25.3 Å². The molecule has 0 unspecified atom stereocenters. The number of carbonyl (C=O) groups excluding carboxylic acids is 2. The van der Waals surface area contributed by atoms with Crippen molar-refractivity contribution in [3.8, 4) is 0 Å². The van der Waals surface area contributed by atoms with Crippen molar-refractivity contribution < 1.29 is 28.3 Å². The van der Waals surface area contributed by atoms with E-state index in [1.807, 2.05) is 0 Å². The smallest absolute Gasteiger partial charge is 0.326 e. The minimum absolute atomic E-state index is 0.0374. The van der Waals surface area contributed by atoms with Crippen molar-refractivity contribution in [2.24, 2.45) is 5.92 Å². The third-order valence-electron chi connectivity index (χ3n) is 3.73. The van der Waals surface area contributed by atoms with Crippen LogP contribution in [0.25, 0.3) is 0 Å². The molecule has 118 valence electrons. The zero-order valence-electron chi connectivity index (χ0n) is 11.6. The highest BCUT2D eigenvalue weighted by molar-refractivity contribution is 5.96. The molecule has 0 spiro atoms. The van der Waals surface area contributed by atoms with Gasteiger partial charge < -0.3 is 10.4 Å². The van der Waals surface area contributed by atoms with Crippen LogP contribution in [0.15, 0.2) is 18.2 Å². The second-order valence-corrected chi connectivity index (χ2v) is 5.31. The summed E-state index contributed by atoms with van der Waals surface area (Å²) in [6.07, 6.45) is 1.60. The van der Waals surface area contributed by atoms with Crippen LogP contribution in [-0.2, 0) is 9.59 Å². The van der Waals surface area contributed by atoms with Gasteiger partial charge in [0.25, 0.3) is 5.91 Å². The highest BCUT2D eigenvalue weighted by Crippen LogP contribution is 2.25. The van der Waals surface area contributed by atoms with E-state index in [-0.39, 0.29) is 17.8 Å². The van der Waals surface area contributed by atoms with E-state index in [1.54, 1.807) is 0 Å². The summed E-state index contributed by atoms with van der Waals surface area (Å²) in [4.78, 5) is 34.8. The number of amides is 1. The van der Waals surface area contributed by atoms with Crippen molar-refractivity contribution in [2.45, 2.75) is 31.7 Å². The second kappa shape index (κ2) is 6.64. The highest BCUT2D eigenvalue weighted by Gasteiger charge is 2.33. The van der Waals surface area contributed by atoms with Gasteiger partial charge in [-0.3, -0.25) is 9.59 Å². The van der Waals surface area contributed by atoms with Gasteiger partial charge in [0.15, 0.2) is 11.6 Å². The summed E-state index contributed by atoms with van der Waals surface area (Å²) in [5, 5.41) is 11.5. The number of hydrogen-bond acceptors (Lipinski definition) is 3. The zero-order valence-corrected chi connectivity index (χ0v) is 11.6. The third-order valence-corrected chi connectivity index (χ3v) is 3.73. The van der Waals surface area contributed by atoms with Crippen molar-refractivity contribution in [2.75, 3.05) is 0 Å². The molecule has 7 heteroatoms. The first-order chi connectivity index (χ1) is 10.4. The van der Waals surface area contributed by atoms with E-state index in [1.165, 1.54) is 0 Å². The lowest BCUT2D eigenvalue weighted by atomic mass is 9.83. The number of carbonyl (C=O) groups is 3. The Bertz CT molecular complexity index is 618. The molecule has 22 heavy (non-hydrogen) atoms. The van der Waals surface area contributed by atoms with Gasteiger partial charge >= 0.3 is 5.97 Å². The van der Waals surface area contributed by atoms with Gasteiger partial charge in [0.05, 0.1) is 0 Å². The van der Waals surface area contributed by atoms with Crippen LogP contribution in [0.3, 0.4) is 0 Å². The fourth-order valence-corrected chi connectivity index (χ4v) is 2.59. The fourth-order valence-electron chi connectivity index (χ4n) is 2.59. The van der Waals surface area contributed by atoms with Crippen LogP contribution in [0.4, 0.5) is 8.78 Å². The van der Waals surface area contributed by atoms with Gasteiger partial charge in [-0.05, 0) is 37.0 Å². The SMILES string of the molecule is O=C1CCC[C@@H]([C@H](NC(=O)c2ccc(F)c(F)c2)C(=O)O)C1. The average molecular weight is 311 g/mol. The van der Waals surface area contributed by atoms with Crippen LogP contribution in [-0.4, -0.2) is 28.8 Å². The molecular weight excluding hydrogens is 296 g/mol. The minimum Gasteiger partial charge on any atom is -0.480 e. The van der Waals surface area contributed by atoms with E-state index in [9.17, 15) is 28.3 Å². The van der Waals surface area contributed by atoms with Crippen molar-refractivity contribution in [1.82, 2.24) is 5.32 Å². The van der Waals surface area contributed by atoms with Crippen molar-refractivity contribution in [3.05, 3.63) is 35.4 Å². The maximum absolute atomic E-state index is 13.1. The summed E-state index contributed by atoms with van der Waals surface area (Å²) in [5.74, 6) is -4.88. The number of carboxylic acid groups (broad SMARTS) is 1. The van der Waals surface area contributed by atoms with E-state index >= 15 is 0 Å². The Balaban J connectivity index is 2.13. The lowest BCUT2D eigenvalue weighted by molar-refractivity contribution is -0.141. The molecule has 0 heterocycles. The quantitative estimate of drug-likeness (QED) is 0.889. The lowest BCUT2D eigenvalue weighted by Gasteiger charge is -2.27. The summed E-state index contributed by atoms with van der Waals surface area (Å²) < 4.78 is 26.0. The number of ketones is 1. The average Bonchev–Trinajstić information content (AvgIpc) is 2.47. The molecule has 2 N–H and O–H groups in total. The van der Waals surface area contributed by atoms with E-state index in [4.69, 9.17) is 0 Å².